The van der Waals surface area contributed by atoms with Crippen molar-refractivity contribution in [2.75, 3.05) is 18.8 Å². The molecule has 0 radical (unpaired) electrons. The highest BCUT2D eigenvalue weighted by Gasteiger charge is 2.34. The summed E-state index contributed by atoms with van der Waals surface area (Å²) in [5, 5.41) is 4.82. The molecule has 2 aliphatic rings. The third-order valence-corrected chi connectivity index (χ3v) is 6.49. The minimum absolute atomic E-state index is 0.545. The first-order valence-corrected chi connectivity index (χ1v) is 9.42. The van der Waals surface area contributed by atoms with E-state index in [-0.39, 0.29) is 0 Å². The Hall–Kier alpha value is -0.180. The molecule has 1 saturated carbocycles. The minimum Gasteiger partial charge on any atom is -0.365 e. The van der Waals surface area contributed by atoms with Gasteiger partial charge in [-0.2, -0.15) is 0 Å². The number of nitrogens with zero attached hydrogens (tertiary/aromatic N) is 1. The summed E-state index contributed by atoms with van der Waals surface area (Å²) in [6.07, 6.45) is 7.07. The zero-order chi connectivity index (χ0) is 14.6. The second kappa shape index (κ2) is 7.20. The molecular formula is C17H32N2S. The Balaban J connectivity index is 1.83. The summed E-state index contributed by atoms with van der Waals surface area (Å²) in [7, 11) is 0. The van der Waals surface area contributed by atoms with Crippen molar-refractivity contribution < 1.29 is 0 Å². The van der Waals surface area contributed by atoms with E-state index in [1.807, 2.05) is 11.8 Å². The predicted molar refractivity (Wildman–Crippen MR) is 91.4 cm³/mol. The molecule has 2 rings (SSSR count). The van der Waals surface area contributed by atoms with Gasteiger partial charge in [-0.15, -0.1) is 0 Å². The van der Waals surface area contributed by atoms with E-state index < -0.39 is 0 Å². The van der Waals surface area contributed by atoms with Crippen LogP contribution in [0.1, 0.15) is 59.8 Å². The minimum atomic E-state index is 0.545. The largest absolute Gasteiger partial charge is 0.365 e. The molecule has 0 aromatic rings. The molecule has 0 unspecified atom stereocenters. The van der Waals surface area contributed by atoms with E-state index >= 15 is 0 Å². The third kappa shape index (κ3) is 4.16. The van der Waals surface area contributed by atoms with E-state index in [0.29, 0.717) is 5.41 Å². The molecule has 1 heterocycles. The number of rotatable bonds is 4. The third-order valence-electron chi connectivity index (χ3n) is 5.19. The van der Waals surface area contributed by atoms with Crippen molar-refractivity contribution in [1.82, 2.24) is 5.32 Å². The summed E-state index contributed by atoms with van der Waals surface area (Å²) in [4.78, 5) is 4.87. The lowest BCUT2D eigenvalue weighted by Gasteiger charge is -2.38. The Kier molecular flexibility index (Phi) is 5.83. The topological polar surface area (TPSA) is 24.4 Å². The van der Waals surface area contributed by atoms with Crippen molar-refractivity contribution in [3.05, 3.63) is 0 Å². The van der Waals surface area contributed by atoms with Crippen LogP contribution in [-0.2, 0) is 0 Å². The molecule has 2 nitrogen and oxygen atoms in total. The summed E-state index contributed by atoms with van der Waals surface area (Å²) in [6, 6.07) is 0. The molecule has 20 heavy (non-hydrogen) atoms. The van der Waals surface area contributed by atoms with Crippen LogP contribution >= 0.6 is 11.8 Å². The molecule has 1 aliphatic carbocycles. The van der Waals surface area contributed by atoms with Gasteiger partial charge >= 0.3 is 0 Å². The van der Waals surface area contributed by atoms with Gasteiger partial charge in [-0.1, -0.05) is 58.7 Å². The summed E-state index contributed by atoms with van der Waals surface area (Å²) in [6.45, 7) is 11.5. The van der Waals surface area contributed by atoms with Gasteiger partial charge in [0.2, 0.25) is 0 Å². The Labute approximate surface area is 129 Å². The zero-order valence-corrected chi connectivity index (χ0v) is 14.6. The Morgan fingerprint density at radius 1 is 1.10 bits per heavy atom. The second-order valence-corrected chi connectivity index (χ2v) is 8.47. The van der Waals surface area contributed by atoms with Crippen molar-refractivity contribution in [2.24, 2.45) is 28.2 Å². The Morgan fingerprint density at radius 3 is 2.25 bits per heavy atom. The SMILES string of the molecule is CC(C)C(CNC1=NCC2(CCCCC2)CS1)C(C)C. The highest BCUT2D eigenvalue weighted by atomic mass is 32.2. The second-order valence-electron chi connectivity index (χ2n) is 7.50. The van der Waals surface area contributed by atoms with Crippen LogP contribution in [0.25, 0.3) is 0 Å². The van der Waals surface area contributed by atoms with Gasteiger partial charge in [0.05, 0.1) is 0 Å². The van der Waals surface area contributed by atoms with Gasteiger partial charge in [0.1, 0.15) is 0 Å². The molecule has 0 amide bonds. The van der Waals surface area contributed by atoms with Gasteiger partial charge in [0.15, 0.2) is 5.17 Å². The summed E-state index contributed by atoms with van der Waals surface area (Å²) in [5.74, 6) is 3.50. The highest BCUT2D eigenvalue weighted by Crippen LogP contribution is 2.41. The van der Waals surface area contributed by atoms with Crippen LogP contribution in [-0.4, -0.2) is 24.0 Å². The number of thioether (sulfide) groups is 1. The molecular weight excluding hydrogens is 264 g/mol. The van der Waals surface area contributed by atoms with Crippen LogP contribution in [0.4, 0.5) is 0 Å². The van der Waals surface area contributed by atoms with E-state index in [9.17, 15) is 0 Å². The van der Waals surface area contributed by atoms with E-state index in [1.54, 1.807) is 0 Å². The molecule has 1 N–H and O–H groups in total. The standard InChI is InChI=1S/C17H32N2S/c1-13(2)15(14(3)4)10-18-16-19-11-17(12-20-16)8-6-5-7-9-17/h13-15H,5-12H2,1-4H3,(H,18,19). The smallest absolute Gasteiger partial charge is 0.156 e. The monoisotopic (exact) mass is 296 g/mol. The predicted octanol–water partition coefficient (Wildman–Crippen LogP) is 4.56. The number of amidine groups is 1. The van der Waals surface area contributed by atoms with Crippen LogP contribution in [0.3, 0.4) is 0 Å². The number of aliphatic imine (C=N–C) groups is 1. The summed E-state index contributed by atoms with van der Waals surface area (Å²) < 4.78 is 0. The van der Waals surface area contributed by atoms with Crippen molar-refractivity contribution >= 4 is 16.9 Å². The lowest BCUT2D eigenvalue weighted by Crippen LogP contribution is -2.39. The first-order chi connectivity index (χ1) is 9.52. The van der Waals surface area contributed by atoms with E-state index in [0.717, 1.165) is 30.8 Å². The first kappa shape index (κ1) is 16.2. The molecule has 3 heteroatoms. The molecule has 1 spiro atoms. The van der Waals surface area contributed by atoms with Gasteiger partial charge in [-0.3, -0.25) is 4.99 Å². The molecule has 1 fully saturated rings. The Morgan fingerprint density at radius 2 is 1.75 bits per heavy atom. The molecule has 116 valence electrons. The zero-order valence-electron chi connectivity index (χ0n) is 13.7. The van der Waals surface area contributed by atoms with Crippen molar-refractivity contribution in [3.63, 3.8) is 0 Å². The maximum Gasteiger partial charge on any atom is 0.156 e. The quantitative estimate of drug-likeness (QED) is 0.822. The fourth-order valence-electron chi connectivity index (χ4n) is 3.71. The van der Waals surface area contributed by atoms with Crippen molar-refractivity contribution in [1.29, 1.82) is 0 Å². The van der Waals surface area contributed by atoms with Crippen molar-refractivity contribution in [3.8, 4) is 0 Å². The summed E-state index contributed by atoms with van der Waals surface area (Å²) >= 11 is 1.97. The van der Waals surface area contributed by atoms with Gasteiger partial charge in [-0.05, 0) is 36.0 Å². The maximum atomic E-state index is 4.87. The van der Waals surface area contributed by atoms with Crippen molar-refractivity contribution in [2.45, 2.75) is 59.8 Å². The molecule has 1 aliphatic heterocycles. The van der Waals surface area contributed by atoms with E-state index in [2.05, 4.69) is 33.0 Å². The van der Waals surface area contributed by atoms with Crippen LogP contribution < -0.4 is 5.32 Å². The number of nitrogens with one attached hydrogen (secondary N) is 1. The normalized spacial score (nSPS) is 22.6. The van der Waals surface area contributed by atoms with E-state index in [1.165, 1.54) is 43.0 Å². The van der Waals surface area contributed by atoms with E-state index in [4.69, 9.17) is 4.99 Å². The maximum absolute atomic E-state index is 4.87. The molecule has 0 bridgehead atoms. The lowest BCUT2D eigenvalue weighted by molar-refractivity contribution is 0.232. The van der Waals surface area contributed by atoms with Crippen LogP contribution in [0.5, 0.6) is 0 Å². The average Bonchev–Trinajstić information content (AvgIpc) is 2.41. The number of hydrogen-bond acceptors (Lipinski definition) is 3. The highest BCUT2D eigenvalue weighted by molar-refractivity contribution is 8.13. The van der Waals surface area contributed by atoms with Crippen LogP contribution in [0.15, 0.2) is 4.99 Å². The molecule has 0 atom stereocenters. The first-order valence-electron chi connectivity index (χ1n) is 8.43. The number of hydrogen-bond donors (Lipinski definition) is 1. The van der Waals surface area contributed by atoms with Gasteiger partial charge in [-0.25, -0.2) is 0 Å². The summed E-state index contributed by atoms with van der Waals surface area (Å²) in [5.41, 5.74) is 0.545. The lowest BCUT2D eigenvalue weighted by atomic mass is 9.75. The van der Waals surface area contributed by atoms with Gasteiger partial charge in [0.25, 0.3) is 0 Å². The van der Waals surface area contributed by atoms with Gasteiger partial charge < -0.3 is 5.32 Å². The molecule has 0 saturated heterocycles. The van der Waals surface area contributed by atoms with Crippen LogP contribution in [0, 0.1) is 23.2 Å². The molecule has 0 aromatic carbocycles. The fourth-order valence-corrected chi connectivity index (χ4v) is 4.87. The van der Waals surface area contributed by atoms with Gasteiger partial charge in [0, 0.05) is 18.8 Å². The molecule has 0 aromatic heterocycles. The average molecular weight is 297 g/mol. The van der Waals surface area contributed by atoms with Crippen LogP contribution in [0.2, 0.25) is 0 Å². The Bertz CT molecular complexity index is 322. The fraction of sp³-hybridized carbons (Fsp3) is 0.941.